The first-order valence-electron chi connectivity index (χ1n) is 27.4. The number of carbonyl (C=O) groups is 4. The molecule has 5 aliphatic rings. The van der Waals surface area contributed by atoms with E-state index in [9.17, 15) is 14.4 Å². The number of carbonyl (C=O) groups excluding carboxylic acids is 4. The maximum atomic E-state index is 14.1. The van der Waals surface area contributed by atoms with E-state index in [4.69, 9.17) is 9.53 Å². The zero-order valence-corrected chi connectivity index (χ0v) is 46.1. The van der Waals surface area contributed by atoms with Crippen LogP contribution in [0.25, 0.3) is 16.7 Å². The molecule has 0 radical (unpaired) electrons. The molecule has 2 saturated heterocycles. The number of ether oxygens (including phenoxy) is 1. The van der Waals surface area contributed by atoms with Gasteiger partial charge in [-0.1, -0.05) is 116 Å². The number of anilines is 1. The first kappa shape index (κ1) is 59.0. The van der Waals surface area contributed by atoms with Gasteiger partial charge in [0.15, 0.2) is 0 Å². The van der Waals surface area contributed by atoms with E-state index in [2.05, 4.69) is 112 Å². The number of aldehydes is 2. The number of amides is 2. The van der Waals surface area contributed by atoms with E-state index in [1.807, 2.05) is 78.7 Å². The molecule has 3 aliphatic carbocycles. The number of likely N-dealkylation sites (tertiary alicyclic amines) is 2. The molecule has 2 aliphatic heterocycles. The molecular weight excluding hydrogens is 961 g/mol. The zero-order chi connectivity index (χ0) is 55.2. The number of hydrogen-bond donors (Lipinski definition) is 4. The number of benzene rings is 4. The van der Waals surface area contributed by atoms with E-state index in [0.29, 0.717) is 19.1 Å². The van der Waals surface area contributed by atoms with Gasteiger partial charge in [0.2, 0.25) is 5.91 Å². The average molecular weight is 1040 g/mol. The van der Waals surface area contributed by atoms with Gasteiger partial charge in [0.05, 0.1) is 24.5 Å². The Balaban J connectivity index is 0.000000488. The molecule has 9 rings (SSSR count). The summed E-state index contributed by atoms with van der Waals surface area (Å²) in [6, 6.07) is 29.6. The predicted octanol–water partition coefficient (Wildman–Crippen LogP) is 11.7. The molecule has 4 aromatic carbocycles. The van der Waals surface area contributed by atoms with Crippen molar-refractivity contribution in [1.29, 1.82) is 0 Å². The Morgan fingerprint density at radius 2 is 1.52 bits per heavy atom. The highest BCUT2D eigenvalue weighted by atomic mass is 16.5. The van der Waals surface area contributed by atoms with Gasteiger partial charge in [-0.3, -0.25) is 14.8 Å². The van der Waals surface area contributed by atoms with Gasteiger partial charge in [0.1, 0.15) is 18.6 Å². The molecule has 5 atom stereocenters. The summed E-state index contributed by atoms with van der Waals surface area (Å²) < 4.78 is 4.89. The molecule has 2 heterocycles. The summed E-state index contributed by atoms with van der Waals surface area (Å²) in [5, 5.41) is 13.1. The molecule has 5 unspecified atom stereocenters. The summed E-state index contributed by atoms with van der Waals surface area (Å²) in [4.78, 5) is 58.6. The molecule has 408 valence electrons. The van der Waals surface area contributed by atoms with E-state index in [1.54, 1.807) is 18.7 Å². The average Bonchev–Trinajstić information content (AvgIpc) is 4.36. The van der Waals surface area contributed by atoms with Gasteiger partial charge in [-0.25, -0.2) is 4.79 Å². The van der Waals surface area contributed by atoms with E-state index >= 15 is 0 Å². The fourth-order valence-corrected chi connectivity index (χ4v) is 11.8. The maximum Gasteiger partial charge on any atom is 0.407 e. The fraction of sp³-hybridized carbons (Fsp3) is 0.406. The number of methoxy groups -OCH3 is 1. The highest BCUT2D eigenvalue weighted by Crippen LogP contribution is 2.55. The second-order valence-electron chi connectivity index (χ2n) is 20.3. The number of rotatable bonds is 17. The molecule has 4 aromatic rings. The molecule has 13 heteroatoms. The topological polar surface area (TPSA) is 157 Å². The highest BCUT2D eigenvalue weighted by molar-refractivity contribution is 5.88. The number of likely N-dealkylation sites (N-methyl/N-ethyl adjacent to an activating group) is 2. The van der Waals surface area contributed by atoms with Crippen LogP contribution in [0.3, 0.4) is 0 Å². The standard InChI is InChI=1S/C50H61N7O3.C9H11NO.C3H6.C2H4O/c1-51-33-45(54-31-38-14-10-28-56(38)3)35-18-16-34(17-19-35)41-22-21-40(42-24-27-50(46(41)42)25-8-9-26-50)37-20-23-43(52-2)44(30-37)53-32-39-15-11-29-57(39)48(58)47(55-49(59)60-4)36-12-6-5-7-13-36;1-10-9(7-11)8-5-3-2-4-6-8;1-3-2;1-2-3/h5-7,12-13,16-18,20-23,30,33,35,38-39,47,53-54H,1-2,8-11,14-15,19,24-29,31-32H2,3-4H3,(H,55,59);2-7,9-10H,1H3;3H,1H2,2H3;2H,1H3/b45-33-;;;. The van der Waals surface area contributed by atoms with Crippen LogP contribution in [0.4, 0.5) is 16.2 Å². The Morgan fingerprint density at radius 3 is 2.12 bits per heavy atom. The minimum Gasteiger partial charge on any atom is -0.453 e. The van der Waals surface area contributed by atoms with Crippen molar-refractivity contribution in [2.24, 2.45) is 15.9 Å². The minimum atomic E-state index is -0.836. The highest BCUT2D eigenvalue weighted by Gasteiger charge is 2.44. The molecule has 13 nitrogen and oxygen atoms in total. The maximum absolute atomic E-state index is 14.1. The van der Waals surface area contributed by atoms with Gasteiger partial charge in [0, 0.05) is 49.5 Å². The van der Waals surface area contributed by atoms with Gasteiger partial charge in [0.25, 0.3) is 0 Å². The summed E-state index contributed by atoms with van der Waals surface area (Å²) in [6.07, 6.45) is 24.3. The third-order valence-corrected chi connectivity index (χ3v) is 15.6. The molecule has 2 amide bonds. The van der Waals surface area contributed by atoms with Crippen molar-refractivity contribution in [1.82, 2.24) is 25.8 Å². The van der Waals surface area contributed by atoms with Gasteiger partial charge in [-0.2, -0.15) is 0 Å². The second kappa shape index (κ2) is 29.9. The van der Waals surface area contributed by atoms with Crippen LogP contribution in [0.2, 0.25) is 0 Å². The van der Waals surface area contributed by atoms with E-state index in [0.717, 1.165) is 78.6 Å². The zero-order valence-electron chi connectivity index (χ0n) is 46.1. The van der Waals surface area contributed by atoms with Crippen LogP contribution in [0.15, 0.2) is 144 Å². The van der Waals surface area contributed by atoms with Crippen LogP contribution < -0.4 is 21.3 Å². The summed E-state index contributed by atoms with van der Waals surface area (Å²) in [7, 11) is 5.30. The first-order chi connectivity index (χ1) is 37.5. The Labute approximate surface area is 458 Å². The summed E-state index contributed by atoms with van der Waals surface area (Å²) >= 11 is 0. The summed E-state index contributed by atoms with van der Waals surface area (Å²) in [6.45, 7) is 17.6. The monoisotopic (exact) mass is 1040 g/mol. The minimum absolute atomic E-state index is 0.0592. The van der Waals surface area contributed by atoms with Gasteiger partial charge >= 0.3 is 6.09 Å². The van der Waals surface area contributed by atoms with E-state index < -0.39 is 12.1 Å². The fourth-order valence-electron chi connectivity index (χ4n) is 11.8. The third kappa shape index (κ3) is 15.0. The first-order valence-corrected chi connectivity index (χ1v) is 27.4. The Hall–Kier alpha value is -7.22. The molecule has 1 spiro atoms. The van der Waals surface area contributed by atoms with Crippen LogP contribution in [-0.4, -0.2) is 107 Å². The van der Waals surface area contributed by atoms with Crippen LogP contribution in [-0.2, 0) is 31.0 Å². The number of alkyl carbamates (subject to hydrolysis) is 1. The molecule has 77 heavy (non-hydrogen) atoms. The van der Waals surface area contributed by atoms with Crippen LogP contribution >= 0.6 is 0 Å². The Morgan fingerprint density at radius 1 is 0.857 bits per heavy atom. The van der Waals surface area contributed by atoms with Gasteiger partial charge in [-0.05, 0) is 168 Å². The van der Waals surface area contributed by atoms with Crippen LogP contribution in [0.1, 0.15) is 118 Å². The summed E-state index contributed by atoms with van der Waals surface area (Å²) in [5.74, 6) is 0.106. The SMILES string of the molecule is C=CC.C=N/C=C(\NCC1CCCN1C)C1C=CC(c2ccc(-c3ccc(N=C)c(NCC4CCCN4C(=O)C(NC(=O)OC)c4ccccc4)c3)c3c2C2(CCCC2)CC3)=CC1.CC=O.CNC(C=O)c1ccccc1. The van der Waals surface area contributed by atoms with Gasteiger partial charge in [-0.15, -0.1) is 6.58 Å². The Kier molecular flexibility index (Phi) is 22.9. The lowest BCUT2D eigenvalue weighted by Gasteiger charge is -2.30. The molecular formula is C64H82N8O5. The van der Waals surface area contributed by atoms with Crippen molar-refractivity contribution in [2.45, 2.75) is 114 Å². The Bertz CT molecular complexity index is 2710. The third-order valence-electron chi connectivity index (χ3n) is 15.6. The lowest BCUT2D eigenvalue weighted by Crippen LogP contribution is -2.46. The van der Waals surface area contributed by atoms with Crippen molar-refractivity contribution < 1.29 is 23.9 Å². The number of nitrogens with one attached hydrogen (secondary N) is 4. The lowest BCUT2D eigenvalue weighted by molar-refractivity contribution is -0.134. The molecule has 4 N–H and O–H groups in total. The molecule has 1 saturated carbocycles. The van der Waals surface area contributed by atoms with E-state index in [-0.39, 0.29) is 29.3 Å². The predicted molar refractivity (Wildman–Crippen MR) is 316 cm³/mol. The van der Waals surface area contributed by atoms with E-state index in [1.165, 1.54) is 87.8 Å². The quantitative estimate of drug-likeness (QED) is 0.0459. The molecule has 0 aromatic heterocycles. The summed E-state index contributed by atoms with van der Waals surface area (Å²) in [5.41, 5.74) is 13.0. The van der Waals surface area contributed by atoms with Crippen molar-refractivity contribution in [3.63, 3.8) is 0 Å². The number of hydrogen-bond acceptors (Lipinski definition) is 11. The number of aliphatic imine (C=N–C) groups is 2. The van der Waals surface area contributed by atoms with Crippen molar-refractivity contribution in [3.05, 3.63) is 162 Å². The molecule has 3 fully saturated rings. The van der Waals surface area contributed by atoms with Crippen molar-refractivity contribution in [3.8, 4) is 11.1 Å². The van der Waals surface area contributed by atoms with Crippen molar-refractivity contribution in [2.75, 3.05) is 52.7 Å². The largest absolute Gasteiger partial charge is 0.453 e. The smallest absolute Gasteiger partial charge is 0.407 e. The second-order valence-corrected chi connectivity index (χ2v) is 20.3. The number of allylic oxidation sites excluding steroid dienone is 5. The lowest BCUT2D eigenvalue weighted by atomic mass is 9.75. The normalized spacial score (nSPS) is 19.8. The molecule has 0 bridgehead atoms. The number of nitrogens with zero attached hydrogens (tertiary/aromatic N) is 4. The van der Waals surface area contributed by atoms with Crippen LogP contribution in [0, 0.1) is 5.92 Å². The van der Waals surface area contributed by atoms with Crippen molar-refractivity contribution >= 4 is 55.0 Å². The number of fused-ring (bicyclic) bond motifs is 2. The van der Waals surface area contributed by atoms with Gasteiger partial charge < -0.3 is 45.4 Å². The van der Waals surface area contributed by atoms with Crippen LogP contribution in [0.5, 0.6) is 0 Å².